The Kier molecular flexibility index (Phi) is 3.72. The molecule has 0 atom stereocenters. The molecule has 0 amide bonds. The first-order chi connectivity index (χ1) is 8.33. The Bertz CT molecular complexity index is 489. The van der Waals surface area contributed by atoms with Crippen molar-refractivity contribution in [2.45, 2.75) is 78.3 Å². The Morgan fingerprint density at radius 2 is 1.89 bits per heavy atom. The van der Waals surface area contributed by atoms with Gasteiger partial charge in [0.15, 0.2) is 4.80 Å². The van der Waals surface area contributed by atoms with Gasteiger partial charge in [-0.3, -0.25) is 4.99 Å². The molecule has 2 nitrogen and oxygen atoms in total. The zero-order valence-electron chi connectivity index (χ0n) is 12.6. The van der Waals surface area contributed by atoms with Crippen molar-refractivity contribution >= 4 is 11.3 Å². The zero-order valence-corrected chi connectivity index (χ0v) is 13.4. The van der Waals surface area contributed by atoms with Crippen molar-refractivity contribution in [2.24, 2.45) is 4.99 Å². The Balaban J connectivity index is 2.67. The molecule has 0 radical (unpaired) electrons. The van der Waals surface area contributed by atoms with Gasteiger partial charge in [-0.15, -0.1) is 11.3 Å². The molecule has 1 aromatic rings. The molecular weight excluding hydrogens is 240 g/mol. The Morgan fingerprint density at radius 1 is 1.22 bits per heavy atom. The monoisotopic (exact) mass is 266 g/mol. The molecule has 1 heterocycles. The fourth-order valence-electron chi connectivity index (χ4n) is 2.84. The highest BCUT2D eigenvalue weighted by Crippen LogP contribution is 2.39. The van der Waals surface area contributed by atoms with Crippen molar-refractivity contribution in [3.05, 3.63) is 15.4 Å². The summed E-state index contributed by atoms with van der Waals surface area (Å²) < 4.78 is 2.47. The molecule has 0 aromatic carbocycles. The Morgan fingerprint density at radius 3 is 2.44 bits per heavy atom. The minimum Gasteiger partial charge on any atom is -0.318 e. The summed E-state index contributed by atoms with van der Waals surface area (Å²) in [5.74, 6) is 0. The van der Waals surface area contributed by atoms with Crippen LogP contribution in [0.2, 0.25) is 0 Å². The smallest absolute Gasteiger partial charge is 0.185 e. The summed E-state index contributed by atoms with van der Waals surface area (Å²) >= 11 is 1.92. The van der Waals surface area contributed by atoms with Crippen LogP contribution in [0.1, 0.15) is 71.0 Å². The molecule has 18 heavy (non-hydrogen) atoms. The minimum absolute atomic E-state index is 0.333. The van der Waals surface area contributed by atoms with E-state index in [9.17, 15) is 0 Å². The van der Waals surface area contributed by atoms with Crippen LogP contribution in [-0.4, -0.2) is 10.6 Å². The second kappa shape index (κ2) is 4.84. The van der Waals surface area contributed by atoms with Crippen LogP contribution in [0.4, 0.5) is 0 Å². The normalized spacial score (nSPS) is 19.7. The maximum Gasteiger partial charge on any atom is 0.185 e. The molecule has 3 heteroatoms. The van der Waals surface area contributed by atoms with Crippen LogP contribution in [0.25, 0.3) is 0 Å². The van der Waals surface area contributed by atoms with Crippen LogP contribution in [0, 0.1) is 0 Å². The second-order valence-electron chi connectivity index (χ2n) is 6.58. The summed E-state index contributed by atoms with van der Waals surface area (Å²) in [6.45, 7) is 13.6. The number of thiazole rings is 1. The predicted octanol–water partition coefficient (Wildman–Crippen LogP) is 4.05. The average molecular weight is 266 g/mol. The van der Waals surface area contributed by atoms with Crippen LogP contribution < -0.4 is 4.80 Å². The number of nitrogens with zero attached hydrogens (tertiary/aromatic N) is 2. The topological polar surface area (TPSA) is 17.3 Å². The lowest BCUT2D eigenvalue weighted by Crippen LogP contribution is -2.26. The average Bonchev–Trinajstić information content (AvgIpc) is 2.56. The van der Waals surface area contributed by atoms with E-state index in [2.05, 4.69) is 46.1 Å². The highest BCUT2D eigenvalue weighted by molar-refractivity contribution is 7.09. The van der Waals surface area contributed by atoms with E-state index in [4.69, 9.17) is 4.99 Å². The van der Waals surface area contributed by atoms with Gasteiger partial charge in [0, 0.05) is 28.1 Å². The van der Waals surface area contributed by atoms with E-state index in [0.717, 1.165) is 0 Å². The number of rotatable bonds is 2. The molecule has 2 rings (SSSR count). The van der Waals surface area contributed by atoms with Gasteiger partial charge in [-0.05, 0) is 47.0 Å². The number of hydrogen-bond donors (Lipinski definition) is 0. The van der Waals surface area contributed by atoms with E-state index in [0.29, 0.717) is 17.5 Å². The molecule has 0 fully saturated rings. The van der Waals surface area contributed by atoms with E-state index in [1.54, 1.807) is 10.6 Å². The van der Waals surface area contributed by atoms with Gasteiger partial charge in [-0.1, -0.05) is 13.8 Å². The molecule has 1 aliphatic rings. The number of fused-ring (bicyclic) bond motifs is 1. The molecule has 0 N–H and O–H groups in total. The van der Waals surface area contributed by atoms with Gasteiger partial charge in [0.05, 0.1) is 0 Å². The minimum atomic E-state index is 0.333. The standard InChI is InChI=1S/C15H26N2S/c1-10(2)16-14-17(11(3)4)12-8-7-9-15(5,6)13(12)18-14/h10-11H,7-9H2,1-6H3/b16-14+. The van der Waals surface area contributed by atoms with Gasteiger partial charge in [0.2, 0.25) is 0 Å². The van der Waals surface area contributed by atoms with Gasteiger partial charge >= 0.3 is 0 Å². The summed E-state index contributed by atoms with van der Waals surface area (Å²) in [7, 11) is 0. The van der Waals surface area contributed by atoms with Crippen molar-refractivity contribution < 1.29 is 0 Å². The van der Waals surface area contributed by atoms with Crippen LogP contribution in [0.15, 0.2) is 4.99 Å². The first-order valence-electron chi connectivity index (χ1n) is 7.11. The molecule has 0 saturated heterocycles. The van der Waals surface area contributed by atoms with E-state index in [1.165, 1.54) is 24.1 Å². The third-order valence-corrected chi connectivity index (χ3v) is 5.14. The molecule has 1 aromatic heterocycles. The van der Waals surface area contributed by atoms with E-state index < -0.39 is 0 Å². The molecule has 0 spiro atoms. The van der Waals surface area contributed by atoms with Gasteiger partial charge in [0.25, 0.3) is 0 Å². The van der Waals surface area contributed by atoms with E-state index in [-0.39, 0.29) is 0 Å². The highest BCUT2D eigenvalue weighted by Gasteiger charge is 2.32. The summed E-state index contributed by atoms with van der Waals surface area (Å²) in [5.41, 5.74) is 1.88. The van der Waals surface area contributed by atoms with Gasteiger partial charge in [-0.25, -0.2) is 0 Å². The van der Waals surface area contributed by atoms with Gasteiger partial charge < -0.3 is 4.57 Å². The first-order valence-corrected chi connectivity index (χ1v) is 7.93. The molecule has 0 aliphatic heterocycles. The maximum absolute atomic E-state index is 4.83. The van der Waals surface area contributed by atoms with Crippen LogP contribution in [0.5, 0.6) is 0 Å². The van der Waals surface area contributed by atoms with Crippen molar-refractivity contribution in [3.63, 3.8) is 0 Å². The second-order valence-corrected chi connectivity index (χ2v) is 7.56. The lowest BCUT2D eigenvalue weighted by Gasteiger charge is -2.30. The highest BCUT2D eigenvalue weighted by atomic mass is 32.1. The molecule has 0 bridgehead atoms. The largest absolute Gasteiger partial charge is 0.318 e. The van der Waals surface area contributed by atoms with Crippen LogP contribution in [0.3, 0.4) is 0 Å². The lowest BCUT2D eigenvalue weighted by molar-refractivity contribution is 0.418. The zero-order chi connectivity index (χ0) is 13.5. The number of aromatic nitrogens is 1. The first kappa shape index (κ1) is 13.9. The third-order valence-electron chi connectivity index (χ3n) is 3.67. The van der Waals surface area contributed by atoms with Gasteiger partial charge in [-0.2, -0.15) is 0 Å². The van der Waals surface area contributed by atoms with Crippen molar-refractivity contribution in [1.29, 1.82) is 0 Å². The third kappa shape index (κ3) is 2.42. The number of hydrogen-bond acceptors (Lipinski definition) is 2. The fraction of sp³-hybridized carbons (Fsp3) is 0.800. The SMILES string of the molecule is CC(C)/N=c1/sc2c(n1C(C)C)CCCC2(C)C. The van der Waals surface area contributed by atoms with E-state index in [1.807, 2.05) is 11.3 Å². The summed E-state index contributed by atoms with van der Waals surface area (Å²) in [5, 5.41) is 0. The summed E-state index contributed by atoms with van der Waals surface area (Å²) in [4.78, 5) is 7.63. The van der Waals surface area contributed by atoms with Crippen LogP contribution >= 0.6 is 11.3 Å². The van der Waals surface area contributed by atoms with E-state index >= 15 is 0 Å². The summed E-state index contributed by atoms with van der Waals surface area (Å²) in [6, 6.07) is 0.884. The lowest BCUT2D eigenvalue weighted by atomic mass is 9.79. The molecule has 0 saturated carbocycles. The molecule has 1 aliphatic carbocycles. The molecular formula is C15H26N2S. The molecule has 102 valence electrons. The van der Waals surface area contributed by atoms with Crippen molar-refractivity contribution in [3.8, 4) is 0 Å². The maximum atomic E-state index is 4.83. The van der Waals surface area contributed by atoms with Crippen molar-refractivity contribution in [1.82, 2.24) is 4.57 Å². The summed E-state index contributed by atoms with van der Waals surface area (Å²) in [6.07, 6.45) is 3.84. The quantitative estimate of drug-likeness (QED) is 0.768. The fourth-order valence-corrected chi connectivity index (χ4v) is 4.40. The Hall–Kier alpha value is -0.570. The van der Waals surface area contributed by atoms with Crippen molar-refractivity contribution in [2.75, 3.05) is 0 Å². The van der Waals surface area contributed by atoms with Crippen LogP contribution in [-0.2, 0) is 11.8 Å². The molecule has 0 unspecified atom stereocenters. The van der Waals surface area contributed by atoms with Gasteiger partial charge in [0.1, 0.15) is 0 Å². The predicted molar refractivity (Wildman–Crippen MR) is 79.4 cm³/mol. The Labute approximate surface area is 115 Å².